The molecule has 1 unspecified atom stereocenters. The maximum atomic E-state index is 12.1. The first-order chi connectivity index (χ1) is 7.97. The number of carbonyl (C=O) groups is 1. The van der Waals surface area contributed by atoms with Crippen molar-refractivity contribution in [3.63, 3.8) is 0 Å². The van der Waals surface area contributed by atoms with Crippen LogP contribution < -0.4 is 5.73 Å². The van der Waals surface area contributed by atoms with Gasteiger partial charge in [-0.05, 0) is 30.5 Å². The third kappa shape index (κ3) is 4.00. The highest BCUT2D eigenvalue weighted by molar-refractivity contribution is 5.94. The molecule has 1 aromatic rings. The Kier molecular flexibility index (Phi) is 6.96. The molecule has 0 heterocycles. The Balaban J connectivity index is 0.00000289. The van der Waals surface area contributed by atoms with Crippen LogP contribution in [0.15, 0.2) is 24.3 Å². The normalized spacial score (nSPS) is 11.9. The fourth-order valence-electron chi connectivity index (χ4n) is 1.57. The van der Waals surface area contributed by atoms with E-state index in [1.54, 1.807) is 11.9 Å². The fourth-order valence-corrected chi connectivity index (χ4v) is 1.57. The van der Waals surface area contributed by atoms with Crippen molar-refractivity contribution in [2.75, 3.05) is 13.6 Å². The van der Waals surface area contributed by atoms with Gasteiger partial charge in [-0.3, -0.25) is 4.79 Å². The number of nitrogens with zero attached hydrogens (tertiary/aromatic N) is 1. The molecule has 0 saturated carbocycles. The van der Waals surface area contributed by atoms with Gasteiger partial charge in [0.15, 0.2) is 0 Å². The number of likely N-dealkylation sites (N-methyl/N-ethyl adjacent to an activating group) is 1. The standard InChI is InChI=1S/C14H22N2O.ClH/c1-10(2)12-5-7-13(8-6-12)14(17)16(4)11(3)9-15;/h5-8,10-11H,9,15H2,1-4H3;1H. The first-order valence-electron chi connectivity index (χ1n) is 6.04. The number of benzene rings is 1. The van der Waals surface area contributed by atoms with Crippen LogP contribution in [0.4, 0.5) is 0 Å². The van der Waals surface area contributed by atoms with E-state index in [0.29, 0.717) is 12.5 Å². The lowest BCUT2D eigenvalue weighted by molar-refractivity contribution is 0.0748. The zero-order valence-corrected chi connectivity index (χ0v) is 12.3. The molecule has 0 aliphatic carbocycles. The molecule has 1 rings (SSSR count). The van der Waals surface area contributed by atoms with Gasteiger partial charge in [0.2, 0.25) is 0 Å². The molecule has 1 amide bonds. The van der Waals surface area contributed by atoms with Crippen molar-refractivity contribution in [1.82, 2.24) is 4.90 Å². The van der Waals surface area contributed by atoms with Gasteiger partial charge in [-0.1, -0.05) is 26.0 Å². The second-order valence-electron chi connectivity index (χ2n) is 4.78. The van der Waals surface area contributed by atoms with E-state index in [2.05, 4.69) is 13.8 Å². The molecule has 0 fully saturated rings. The van der Waals surface area contributed by atoms with E-state index in [1.165, 1.54) is 5.56 Å². The maximum absolute atomic E-state index is 12.1. The third-order valence-corrected chi connectivity index (χ3v) is 3.15. The predicted octanol–water partition coefficient (Wildman–Crippen LogP) is 2.65. The van der Waals surface area contributed by atoms with E-state index >= 15 is 0 Å². The number of halogens is 1. The lowest BCUT2D eigenvalue weighted by atomic mass is 10.0. The van der Waals surface area contributed by atoms with Gasteiger partial charge in [-0.25, -0.2) is 0 Å². The van der Waals surface area contributed by atoms with Gasteiger partial charge in [-0.15, -0.1) is 12.4 Å². The number of hydrogen-bond donors (Lipinski definition) is 1. The number of rotatable bonds is 4. The van der Waals surface area contributed by atoms with Gasteiger partial charge in [0.05, 0.1) is 0 Å². The Morgan fingerprint density at radius 3 is 2.11 bits per heavy atom. The summed E-state index contributed by atoms with van der Waals surface area (Å²) in [5.74, 6) is 0.512. The molecule has 0 bridgehead atoms. The molecule has 0 aliphatic rings. The van der Waals surface area contributed by atoms with Gasteiger partial charge in [0.25, 0.3) is 5.91 Å². The molecule has 18 heavy (non-hydrogen) atoms. The van der Waals surface area contributed by atoms with Gasteiger partial charge >= 0.3 is 0 Å². The third-order valence-electron chi connectivity index (χ3n) is 3.15. The quantitative estimate of drug-likeness (QED) is 0.914. The van der Waals surface area contributed by atoms with Crippen LogP contribution in [0.2, 0.25) is 0 Å². The van der Waals surface area contributed by atoms with E-state index in [0.717, 1.165) is 5.56 Å². The van der Waals surface area contributed by atoms with Crippen LogP contribution in [-0.2, 0) is 0 Å². The average Bonchev–Trinajstić information content (AvgIpc) is 2.36. The van der Waals surface area contributed by atoms with Gasteiger partial charge in [-0.2, -0.15) is 0 Å². The van der Waals surface area contributed by atoms with E-state index in [9.17, 15) is 4.79 Å². The minimum atomic E-state index is 0. The van der Waals surface area contributed by atoms with Crippen molar-refractivity contribution in [3.05, 3.63) is 35.4 Å². The molecule has 0 aromatic heterocycles. The maximum Gasteiger partial charge on any atom is 0.253 e. The van der Waals surface area contributed by atoms with E-state index in [-0.39, 0.29) is 24.4 Å². The molecular weight excluding hydrogens is 248 g/mol. The summed E-state index contributed by atoms with van der Waals surface area (Å²) in [6.45, 7) is 6.70. The Hall–Kier alpha value is -1.06. The SMILES string of the molecule is CC(C)c1ccc(C(=O)N(C)C(C)CN)cc1.Cl. The van der Waals surface area contributed by atoms with Crippen LogP contribution >= 0.6 is 12.4 Å². The molecule has 4 heteroatoms. The topological polar surface area (TPSA) is 46.3 Å². The second kappa shape index (κ2) is 7.39. The average molecular weight is 271 g/mol. The molecule has 0 aliphatic heterocycles. The molecular formula is C14H23ClN2O. The molecule has 102 valence electrons. The monoisotopic (exact) mass is 270 g/mol. The van der Waals surface area contributed by atoms with Crippen molar-refractivity contribution in [3.8, 4) is 0 Å². The summed E-state index contributed by atoms with van der Waals surface area (Å²) in [5, 5.41) is 0. The van der Waals surface area contributed by atoms with Crippen molar-refractivity contribution in [2.45, 2.75) is 32.7 Å². The molecule has 0 saturated heterocycles. The van der Waals surface area contributed by atoms with Crippen molar-refractivity contribution >= 4 is 18.3 Å². The number of nitrogens with two attached hydrogens (primary N) is 1. The van der Waals surface area contributed by atoms with E-state index < -0.39 is 0 Å². The zero-order chi connectivity index (χ0) is 13.0. The largest absolute Gasteiger partial charge is 0.338 e. The minimum absolute atomic E-state index is 0. The summed E-state index contributed by atoms with van der Waals surface area (Å²) in [6.07, 6.45) is 0. The van der Waals surface area contributed by atoms with Gasteiger partial charge < -0.3 is 10.6 Å². The summed E-state index contributed by atoms with van der Waals surface area (Å²) >= 11 is 0. The van der Waals surface area contributed by atoms with Crippen molar-refractivity contribution < 1.29 is 4.79 Å². The molecule has 3 nitrogen and oxygen atoms in total. The fraction of sp³-hybridized carbons (Fsp3) is 0.500. The van der Waals surface area contributed by atoms with Crippen LogP contribution in [0.1, 0.15) is 42.6 Å². The Labute approximate surface area is 116 Å². The van der Waals surface area contributed by atoms with E-state index in [4.69, 9.17) is 5.73 Å². The molecule has 0 radical (unpaired) electrons. The molecule has 1 aromatic carbocycles. The predicted molar refractivity (Wildman–Crippen MR) is 78.4 cm³/mol. The number of amides is 1. The van der Waals surface area contributed by atoms with Crippen molar-refractivity contribution in [1.29, 1.82) is 0 Å². The van der Waals surface area contributed by atoms with Gasteiger partial charge in [0, 0.05) is 25.2 Å². The van der Waals surface area contributed by atoms with Gasteiger partial charge in [0.1, 0.15) is 0 Å². The van der Waals surface area contributed by atoms with Crippen LogP contribution in [0.5, 0.6) is 0 Å². The molecule has 1 atom stereocenters. The van der Waals surface area contributed by atoms with Crippen LogP contribution in [-0.4, -0.2) is 30.4 Å². The first-order valence-corrected chi connectivity index (χ1v) is 6.04. The zero-order valence-electron chi connectivity index (χ0n) is 11.5. The highest BCUT2D eigenvalue weighted by atomic mass is 35.5. The van der Waals surface area contributed by atoms with Crippen LogP contribution in [0.3, 0.4) is 0 Å². The molecule has 0 spiro atoms. The number of hydrogen-bond acceptors (Lipinski definition) is 2. The Bertz CT molecular complexity index is 376. The number of carbonyl (C=O) groups excluding carboxylic acids is 1. The lowest BCUT2D eigenvalue weighted by Gasteiger charge is -2.23. The minimum Gasteiger partial charge on any atom is -0.338 e. The van der Waals surface area contributed by atoms with E-state index in [1.807, 2.05) is 31.2 Å². The summed E-state index contributed by atoms with van der Waals surface area (Å²) in [7, 11) is 1.79. The van der Waals surface area contributed by atoms with Crippen LogP contribution in [0.25, 0.3) is 0 Å². The lowest BCUT2D eigenvalue weighted by Crippen LogP contribution is -2.39. The highest BCUT2D eigenvalue weighted by Gasteiger charge is 2.16. The van der Waals surface area contributed by atoms with Crippen LogP contribution in [0, 0.1) is 0 Å². The summed E-state index contributed by atoms with van der Waals surface area (Å²) in [4.78, 5) is 13.8. The van der Waals surface area contributed by atoms with Crippen molar-refractivity contribution in [2.24, 2.45) is 5.73 Å². The summed E-state index contributed by atoms with van der Waals surface area (Å²) in [5.41, 5.74) is 7.52. The first kappa shape index (κ1) is 16.9. The Morgan fingerprint density at radius 1 is 1.22 bits per heavy atom. The Morgan fingerprint density at radius 2 is 1.72 bits per heavy atom. The molecule has 2 N–H and O–H groups in total. The highest BCUT2D eigenvalue weighted by Crippen LogP contribution is 2.15. The smallest absolute Gasteiger partial charge is 0.253 e. The second-order valence-corrected chi connectivity index (χ2v) is 4.78. The summed E-state index contributed by atoms with van der Waals surface area (Å²) in [6, 6.07) is 7.86. The summed E-state index contributed by atoms with van der Waals surface area (Å²) < 4.78 is 0.